The van der Waals surface area contributed by atoms with E-state index in [4.69, 9.17) is 0 Å². The summed E-state index contributed by atoms with van der Waals surface area (Å²) in [5, 5.41) is 22.4. The van der Waals surface area contributed by atoms with Gasteiger partial charge in [0.15, 0.2) is 0 Å². The van der Waals surface area contributed by atoms with Gasteiger partial charge in [-0.1, -0.05) is 5.16 Å². The van der Waals surface area contributed by atoms with Crippen molar-refractivity contribution in [3.8, 4) is 0 Å². The normalized spacial score (nSPS) is 48.4. The quantitative estimate of drug-likeness (QED) is 0.429. The topological polar surface area (TPSA) is 52.8 Å². The van der Waals surface area contributed by atoms with Gasteiger partial charge in [-0.3, -0.25) is 0 Å². The summed E-state index contributed by atoms with van der Waals surface area (Å²) in [5.41, 5.74) is 0.698. The minimum Gasteiger partial charge on any atom is -0.411 e. The molecule has 4 fully saturated rings. The molecule has 4 aliphatic carbocycles. The Morgan fingerprint density at radius 2 is 1.56 bits per heavy atom. The summed E-state index contributed by atoms with van der Waals surface area (Å²) in [6.07, 6.45) is 6.95. The first-order valence-electron chi connectivity index (χ1n) is 6.53. The van der Waals surface area contributed by atoms with Gasteiger partial charge in [0.1, 0.15) is 0 Å². The molecule has 0 aromatic heterocycles. The van der Waals surface area contributed by atoms with Crippen molar-refractivity contribution < 1.29 is 10.3 Å². The third-order valence-electron chi connectivity index (χ3n) is 5.09. The van der Waals surface area contributed by atoms with Crippen molar-refractivity contribution >= 4 is 5.71 Å². The van der Waals surface area contributed by atoms with Crippen LogP contribution < -0.4 is 0 Å². The smallest absolute Gasteiger partial charge is 0.0931 e. The molecular formula is C13H21NO2. The van der Waals surface area contributed by atoms with Gasteiger partial charge in [-0.15, -0.1) is 0 Å². The van der Waals surface area contributed by atoms with Crippen molar-refractivity contribution in [2.45, 2.75) is 51.6 Å². The van der Waals surface area contributed by atoms with Crippen LogP contribution in [0, 0.1) is 23.2 Å². The van der Waals surface area contributed by atoms with Gasteiger partial charge in [-0.2, -0.15) is 0 Å². The molecule has 3 nitrogen and oxygen atoms in total. The van der Waals surface area contributed by atoms with E-state index >= 15 is 0 Å². The van der Waals surface area contributed by atoms with Crippen LogP contribution in [0.5, 0.6) is 0 Å². The molecule has 4 saturated carbocycles. The van der Waals surface area contributed by atoms with Gasteiger partial charge >= 0.3 is 0 Å². The van der Waals surface area contributed by atoms with E-state index < -0.39 is 6.10 Å². The minimum absolute atomic E-state index is 0.0394. The van der Waals surface area contributed by atoms with Gasteiger partial charge in [0.25, 0.3) is 0 Å². The number of nitrogens with zero attached hydrogens (tertiary/aromatic N) is 1. The van der Waals surface area contributed by atoms with E-state index in [1.54, 1.807) is 6.92 Å². The van der Waals surface area contributed by atoms with Crippen molar-refractivity contribution in [2.24, 2.45) is 28.3 Å². The third-order valence-corrected chi connectivity index (χ3v) is 5.09. The second kappa shape index (κ2) is 3.46. The molecule has 0 amide bonds. The Kier molecular flexibility index (Phi) is 2.29. The van der Waals surface area contributed by atoms with Crippen molar-refractivity contribution in [1.29, 1.82) is 0 Å². The number of aliphatic hydroxyl groups excluding tert-OH is 1. The number of hydrogen-bond acceptors (Lipinski definition) is 3. The summed E-state index contributed by atoms with van der Waals surface area (Å²) in [4.78, 5) is 0. The second-order valence-corrected chi connectivity index (χ2v) is 6.36. The average molecular weight is 223 g/mol. The van der Waals surface area contributed by atoms with Gasteiger partial charge in [-0.05, 0) is 63.2 Å². The summed E-state index contributed by atoms with van der Waals surface area (Å²) in [7, 11) is 0. The summed E-state index contributed by atoms with van der Waals surface area (Å²) in [5.74, 6) is 2.46. The molecule has 0 spiro atoms. The zero-order valence-electron chi connectivity index (χ0n) is 9.89. The lowest BCUT2D eigenvalue weighted by Crippen LogP contribution is -2.52. The van der Waals surface area contributed by atoms with Crippen molar-refractivity contribution in [3.63, 3.8) is 0 Å². The summed E-state index contributed by atoms with van der Waals surface area (Å²) in [6, 6.07) is 0. The fourth-order valence-corrected chi connectivity index (χ4v) is 5.06. The van der Waals surface area contributed by atoms with Crippen LogP contribution in [0.2, 0.25) is 0 Å². The Morgan fingerprint density at radius 3 is 1.88 bits per heavy atom. The Morgan fingerprint density at radius 1 is 1.12 bits per heavy atom. The fraction of sp³-hybridized carbons (Fsp3) is 0.923. The Labute approximate surface area is 96.5 Å². The van der Waals surface area contributed by atoms with Crippen LogP contribution in [0.25, 0.3) is 0 Å². The monoisotopic (exact) mass is 223 g/mol. The molecule has 0 saturated heterocycles. The highest BCUT2D eigenvalue weighted by Gasteiger charge is 2.54. The van der Waals surface area contributed by atoms with E-state index in [2.05, 4.69) is 5.16 Å². The molecule has 0 aromatic rings. The average Bonchev–Trinajstić information content (AvgIpc) is 2.14. The maximum Gasteiger partial charge on any atom is 0.0931 e. The number of aliphatic hydroxyl groups is 1. The van der Waals surface area contributed by atoms with Gasteiger partial charge in [0, 0.05) is 5.41 Å². The lowest BCUT2D eigenvalue weighted by molar-refractivity contribution is -0.0185. The van der Waals surface area contributed by atoms with Crippen LogP contribution in [0.3, 0.4) is 0 Å². The van der Waals surface area contributed by atoms with Crippen LogP contribution >= 0.6 is 0 Å². The van der Waals surface area contributed by atoms with Crippen LogP contribution in [0.1, 0.15) is 45.4 Å². The van der Waals surface area contributed by atoms with E-state index in [9.17, 15) is 10.3 Å². The van der Waals surface area contributed by atoms with Crippen molar-refractivity contribution in [3.05, 3.63) is 0 Å². The predicted octanol–water partition coefficient (Wildman–Crippen LogP) is 2.41. The van der Waals surface area contributed by atoms with Crippen LogP contribution in [0.15, 0.2) is 5.16 Å². The molecule has 90 valence electrons. The Hall–Kier alpha value is -0.570. The summed E-state index contributed by atoms with van der Waals surface area (Å²) >= 11 is 0. The van der Waals surface area contributed by atoms with E-state index in [0.29, 0.717) is 5.71 Å². The number of oxime groups is 1. The highest BCUT2D eigenvalue weighted by molar-refractivity contribution is 5.93. The van der Waals surface area contributed by atoms with Crippen molar-refractivity contribution in [1.82, 2.24) is 0 Å². The molecule has 4 rings (SSSR count). The first kappa shape index (κ1) is 10.6. The van der Waals surface area contributed by atoms with Gasteiger partial charge in [0.05, 0.1) is 11.8 Å². The molecular weight excluding hydrogens is 202 g/mol. The number of rotatable bonds is 2. The molecule has 2 N–H and O–H groups in total. The van der Waals surface area contributed by atoms with Gasteiger partial charge in [-0.25, -0.2) is 0 Å². The summed E-state index contributed by atoms with van der Waals surface area (Å²) < 4.78 is 0. The number of hydrogen-bond donors (Lipinski definition) is 2. The lowest BCUT2D eigenvalue weighted by Gasteiger charge is -2.57. The van der Waals surface area contributed by atoms with Crippen LogP contribution in [-0.2, 0) is 0 Å². The highest BCUT2D eigenvalue weighted by atomic mass is 16.4. The molecule has 0 aromatic carbocycles. The molecule has 3 heteroatoms. The maximum absolute atomic E-state index is 9.78. The van der Waals surface area contributed by atoms with Crippen LogP contribution in [0.4, 0.5) is 0 Å². The SMILES string of the molecule is C[C@@H](O)/C(=N\O)C12CC3CC(CC(C3)C1)C2. The van der Waals surface area contributed by atoms with Gasteiger partial charge in [0.2, 0.25) is 0 Å². The Bertz CT molecular complexity index is 287. The molecule has 1 atom stereocenters. The molecule has 4 aliphatic rings. The highest BCUT2D eigenvalue weighted by Crippen LogP contribution is 2.60. The van der Waals surface area contributed by atoms with Crippen LogP contribution in [-0.4, -0.2) is 22.1 Å². The molecule has 0 heterocycles. The lowest BCUT2D eigenvalue weighted by atomic mass is 9.48. The second-order valence-electron chi connectivity index (χ2n) is 6.36. The standard InChI is InChI=1S/C13H21NO2/c1-8(15)12(14-16)13-5-9-2-10(6-13)4-11(3-9)7-13/h8-11,15-16H,2-7H2,1H3/b14-12+/t8-,9?,10?,11?,13?/m1/s1. The minimum atomic E-state index is -0.596. The molecule has 0 radical (unpaired) electrons. The molecule has 4 bridgehead atoms. The fourth-order valence-electron chi connectivity index (χ4n) is 5.06. The van der Waals surface area contributed by atoms with Crippen molar-refractivity contribution in [2.75, 3.05) is 0 Å². The van der Waals surface area contributed by atoms with E-state index in [-0.39, 0.29) is 5.41 Å². The third kappa shape index (κ3) is 1.41. The van der Waals surface area contributed by atoms with E-state index in [1.165, 1.54) is 19.3 Å². The predicted molar refractivity (Wildman–Crippen MR) is 61.5 cm³/mol. The Balaban J connectivity index is 1.93. The van der Waals surface area contributed by atoms with Gasteiger partial charge < -0.3 is 10.3 Å². The molecule has 16 heavy (non-hydrogen) atoms. The first-order valence-corrected chi connectivity index (χ1v) is 6.53. The molecule has 0 unspecified atom stereocenters. The summed E-state index contributed by atoms with van der Waals surface area (Å²) in [6.45, 7) is 1.73. The molecule has 0 aliphatic heterocycles. The zero-order chi connectivity index (χ0) is 11.3. The van der Waals surface area contributed by atoms with E-state index in [0.717, 1.165) is 37.0 Å². The maximum atomic E-state index is 9.78. The first-order chi connectivity index (χ1) is 7.63. The van der Waals surface area contributed by atoms with E-state index in [1.807, 2.05) is 0 Å². The largest absolute Gasteiger partial charge is 0.411 e. The zero-order valence-corrected chi connectivity index (χ0v) is 9.89.